The quantitative estimate of drug-likeness (QED) is 0.149. The number of amides is 1. The van der Waals surface area contributed by atoms with Gasteiger partial charge in [0.25, 0.3) is 11.5 Å². The molecule has 1 amide bonds. The van der Waals surface area contributed by atoms with Crippen LogP contribution in [0.4, 0.5) is 36.4 Å². The number of H-pyrrole nitrogens is 1. The van der Waals surface area contributed by atoms with E-state index in [1.54, 1.807) is 24.3 Å². The molecule has 4 rings (SSSR count). The standard InChI is InChI=1S/C30H23F7N2O4/c1-17-3-5-18(6-4-17)23-16-25(22-12-11-21(15-24(22)31)42-14-2-13-29(32,33)34)39-28(41)26(23)27(40)38-19-7-9-20(10-8-19)43-30(35,36)37/h3-12,15-16H,2,13-14H2,1H3,(H,38,40)(H,39,41). The SMILES string of the molecule is Cc1ccc(-c2cc(-c3ccc(OCCCC(F)(F)F)cc3F)[nH]c(=O)c2C(=O)Nc2ccc(OC(F)(F)F)cc2)cc1. The minimum absolute atomic E-state index is 0.00639. The van der Waals surface area contributed by atoms with Crippen molar-refractivity contribution in [2.24, 2.45) is 0 Å². The first-order valence-electron chi connectivity index (χ1n) is 12.7. The van der Waals surface area contributed by atoms with Gasteiger partial charge >= 0.3 is 12.5 Å². The molecule has 1 aromatic heterocycles. The zero-order valence-electron chi connectivity index (χ0n) is 22.3. The molecule has 0 aliphatic rings. The topological polar surface area (TPSA) is 80.4 Å². The number of hydrogen-bond acceptors (Lipinski definition) is 4. The van der Waals surface area contributed by atoms with Gasteiger partial charge in [0.1, 0.15) is 22.9 Å². The van der Waals surface area contributed by atoms with Crippen LogP contribution >= 0.6 is 0 Å². The highest BCUT2D eigenvalue weighted by atomic mass is 19.4. The van der Waals surface area contributed by atoms with Crippen LogP contribution in [0.3, 0.4) is 0 Å². The molecular formula is C30H23F7N2O4. The Morgan fingerprint density at radius 1 is 0.860 bits per heavy atom. The molecule has 226 valence electrons. The second-order valence-electron chi connectivity index (χ2n) is 9.40. The highest BCUT2D eigenvalue weighted by molar-refractivity contribution is 6.08. The Morgan fingerprint density at radius 2 is 1.51 bits per heavy atom. The summed E-state index contributed by atoms with van der Waals surface area (Å²) < 4.78 is 98.5. The molecule has 0 saturated heterocycles. The van der Waals surface area contributed by atoms with Crippen LogP contribution in [0, 0.1) is 12.7 Å². The third kappa shape index (κ3) is 8.60. The first-order chi connectivity index (χ1) is 20.2. The number of aryl methyl sites for hydroxylation is 1. The molecule has 43 heavy (non-hydrogen) atoms. The fraction of sp³-hybridized carbons (Fsp3) is 0.200. The number of nitrogens with one attached hydrogen (secondary N) is 2. The van der Waals surface area contributed by atoms with Crippen molar-refractivity contribution in [3.63, 3.8) is 0 Å². The Bertz CT molecular complexity index is 1650. The van der Waals surface area contributed by atoms with Gasteiger partial charge in [-0.3, -0.25) is 9.59 Å². The van der Waals surface area contributed by atoms with Crippen LogP contribution in [-0.2, 0) is 0 Å². The lowest BCUT2D eigenvalue weighted by atomic mass is 9.97. The molecule has 1 heterocycles. The zero-order valence-corrected chi connectivity index (χ0v) is 22.3. The summed E-state index contributed by atoms with van der Waals surface area (Å²) in [5, 5.41) is 2.47. The highest BCUT2D eigenvalue weighted by Gasteiger charge is 2.31. The molecule has 0 radical (unpaired) electrons. The summed E-state index contributed by atoms with van der Waals surface area (Å²) in [5.41, 5.74) is 0.268. The zero-order chi connectivity index (χ0) is 31.4. The average Bonchev–Trinajstić information content (AvgIpc) is 2.91. The van der Waals surface area contributed by atoms with Gasteiger partial charge in [-0.1, -0.05) is 29.8 Å². The van der Waals surface area contributed by atoms with Crippen LogP contribution < -0.4 is 20.3 Å². The summed E-state index contributed by atoms with van der Waals surface area (Å²) in [6.45, 7) is 1.55. The van der Waals surface area contributed by atoms with E-state index in [2.05, 4.69) is 15.0 Å². The Labute approximate surface area is 240 Å². The normalized spacial score (nSPS) is 11.7. The molecule has 0 saturated carbocycles. The number of ether oxygens (including phenoxy) is 2. The summed E-state index contributed by atoms with van der Waals surface area (Å²) >= 11 is 0. The number of anilines is 1. The first-order valence-corrected chi connectivity index (χ1v) is 12.7. The van der Waals surface area contributed by atoms with Gasteiger partial charge < -0.3 is 19.8 Å². The summed E-state index contributed by atoms with van der Waals surface area (Å²) in [5.74, 6) is -2.23. The second kappa shape index (κ2) is 12.6. The molecule has 0 unspecified atom stereocenters. The minimum atomic E-state index is -4.90. The average molecular weight is 609 g/mol. The number of benzene rings is 3. The van der Waals surface area contributed by atoms with Crippen molar-refractivity contribution in [1.82, 2.24) is 4.98 Å². The Hall–Kier alpha value is -4.81. The predicted octanol–water partition coefficient (Wildman–Crippen LogP) is 8.03. The van der Waals surface area contributed by atoms with E-state index in [-0.39, 0.29) is 46.8 Å². The van der Waals surface area contributed by atoms with Gasteiger partial charge in [0.15, 0.2) is 0 Å². The molecule has 2 N–H and O–H groups in total. The Kier molecular flexibility index (Phi) is 9.12. The number of aromatic amines is 1. The summed E-state index contributed by atoms with van der Waals surface area (Å²) in [7, 11) is 0. The van der Waals surface area contributed by atoms with Gasteiger partial charge in [-0.15, -0.1) is 13.2 Å². The fourth-order valence-electron chi connectivity index (χ4n) is 4.09. The molecule has 0 aliphatic heterocycles. The van der Waals surface area contributed by atoms with E-state index < -0.39 is 42.0 Å². The summed E-state index contributed by atoms with van der Waals surface area (Å²) in [4.78, 5) is 29.0. The lowest BCUT2D eigenvalue weighted by Gasteiger charge is -2.14. The number of pyridine rings is 1. The van der Waals surface area contributed by atoms with Crippen molar-refractivity contribution in [2.75, 3.05) is 11.9 Å². The number of halogens is 7. The first kappa shape index (κ1) is 31.1. The maximum Gasteiger partial charge on any atom is 0.573 e. The van der Waals surface area contributed by atoms with E-state index in [0.717, 1.165) is 35.9 Å². The Morgan fingerprint density at radius 3 is 2.12 bits per heavy atom. The molecular weight excluding hydrogens is 585 g/mol. The highest BCUT2D eigenvalue weighted by Crippen LogP contribution is 2.31. The molecule has 0 bridgehead atoms. The third-order valence-electron chi connectivity index (χ3n) is 6.07. The molecule has 0 atom stereocenters. The van der Waals surface area contributed by atoms with E-state index in [0.29, 0.717) is 5.56 Å². The molecule has 0 fully saturated rings. The number of alkyl halides is 6. The van der Waals surface area contributed by atoms with Gasteiger partial charge in [-0.25, -0.2) is 4.39 Å². The van der Waals surface area contributed by atoms with Crippen LogP contribution in [0.15, 0.2) is 77.6 Å². The summed E-state index contributed by atoms with van der Waals surface area (Å²) in [6.07, 6.45) is -10.6. The maximum atomic E-state index is 15.1. The van der Waals surface area contributed by atoms with Crippen LogP contribution in [0.2, 0.25) is 0 Å². The van der Waals surface area contributed by atoms with Gasteiger partial charge in [-0.2, -0.15) is 13.2 Å². The van der Waals surface area contributed by atoms with E-state index in [4.69, 9.17) is 4.74 Å². The lowest BCUT2D eigenvalue weighted by molar-refractivity contribution is -0.274. The van der Waals surface area contributed by atoms with Crippen molar-refractivity contribution in [3.05, 3.63) is 100 Å². The predicted molar refractivity (Wildman–Crippen MR) is 144 cm³/mol. The number of aromatic nitrogens is 1. The molecule has 3 aromatic carbocycles. The molecule has 13 heteroatoms. The molecule has 0 aliphatic carbocycles. The third-order valence-corrected chi connectivity index (χ3v) is 6.07. The van der Waals surface area contributed by atoms with Gasteiger partial charge in [0.2, 0.25) is 0 Å². The smallest absolute Gasteiger partial charge is 0.493 e. The van der Waals surface area contributed by atoms with Crippen LogP contribution in [0.5, 0.6) is 11.5 Å². The molecule has 0 spiro atoms. The maximum absolute atomic E-state index is 15.1. The van der Waals surface area contributed by atoms with E-state index in [1.165, 1.54) is 18.2 Å². The van der Waals surface area contributed by atoms with Crippen molar-refractivity contribution in [3.8, 4) is 33.9 Å². The fourth-order valence-corrected chi connectivity index (χ4v) is 4.09. The lowest BCUT2D eigenvalue weighted by Crippen LogP contribution is -2.25. The van der Waals surface area contributed by atoms with E-state index in [1.807, 2.05) is 6.92 Å². The molecule has 4 aromatic rings. The largest absolute Gasteiger partial charge is 0.573 e. The van der Waals surface area contributed by atoms with Crippen molar-refractivity contribution in [2.45, 2.75) is 32.3 Å². The van der Waals surface area contributed by atoms with Crippen molar-refractivity contribution < 1.29 is 45.0 Å². The van der Waals surface area contributed by atoms with Crippen LogP contribution in [0.1, 0.15) is 28.8 Å². The second-order valence-corrected chi connectivity index (χ2v) is 9.40. The number of carbonyl (C=O) groups excluding carboxylic acids is 1. The summed E-state index contributed by atoms with van der Waals surface area (Å²) in [6, 6.07) is 16.1. The van der Waals surface area contributed by atoms with E-state index >= 15 is 4.39 Å². The monoisotopic (exact) mass is 608 g/mol. The number of carbonyl (C=O) groups is 1. The van der Waals surface area contributed by atoms with Crippen molar-refractivity contribution in [1.29, 1.82) is 0 Å². The van der Waals surface area contributed by atoms with Gasteiger partial charge in [0, 0.05) is 29.3 Å². The van der Waals surface area contributed by atoms with Crippen molar-refractivity contribution >= 4 is 11.6 Å². The van der Waals surface area contributed by atoms with Crippen LogP contribution in [-0.4, -0.2) is 30.0 Å². The number of hydrogen-bond donors (Lipinski definition) is 2. The van der Waals surface area contributed by atoms with Crippen LogP contribution in [0.25, 0.3) is 22.4 Å². The Balaban J connectivity index is 1.64. The van der Waals surface area contributed by atoms with Gasteiger partial charge in [-0.05, 0) is 61.4 Å². The van der Waals surface area contributed by atoms with Gasteiger partial charge in [0.05, 0.1) is 12.3 Å². The molecule has 6 nitrogen and oxygen atoms in total. The number of rotatable bonds is 9. The minimum Gasteiger partial charge on any atom is -0.493 e. The van der Waals surface area contributed by atoms with E-state index in [9.17, 15) is 35.9 Å².